The maximum Gasteiger partial charge on any atom is 0.309 e. The zero-order valence-corrected chi connectivity index (χ0v) is 10.9. The summed E-state index contributed by atoms with van der Waals surface area (Å²) in [5.74, 6) is -0.805. The highest BCUT2D eigenvalue weighted by Gasteiger charge is 2.29. The molecule has 0 aliphatic heterocycles. The Bertz CT molecular complexity index is 455. The first-order valence-electron chi connectivity index (χ1n) is 5.45. The van der Waals surface area contributed by atoms with Crippen LogP contribution in [0.15, 0.2) is 12.1 Å². The molecule has 0 bridgehead atoms. The lowest BCUT2D eigenvalue weighted by molar-refractivity contribution is -0.146. The lowest BCUT2D eigenvalue weighted by Crippen LogP contribution is -2.26. The number of benzene rings is 1. The van der Waals surface area contributed by atoms with Crippen LogP contribution in [0.4, 0.5) is 4.39 Å². The topological polar surface area (TPSA) is 55.8 Å². The highest BCUT2D eigenvalue weighted by atomic mass is 19.1. The second kappa shape index (κ2) is 5.25. The predicted molar refractivity (Wildman–Crippen MR) is 64.6 cm³/mol. The molecule has 0 spiro atoms. The van der Waals surface area contributed by atoms with E-state index >= 15 is 0 Å². The van der Waals surface area contributed by atoms with Crippen LogP contribution in [0.5, 0.6) is 11.5 Å². The second-order valence-electron chi connectivity index (χ2n) is 4.66. The van der Waals surface area contributed by atoms with Crippen molar-refractivity contribution in [3.63, 3.8) is 0 Å². The minimum absolute atomic E-state index is 0.0779. The number of halogens is 1. The van der Waals surface area contributed by atoms with Crippen molar-refractivity contribution in [2.24, 2.45) is 5.41 Å². The third-order valence-corrected chi connectivity index (χ3v) is 2.76. The maximum atomic E-state index is 13.8. The minimum Gasteiger partial charge on any atom is -0.493 e. The standard InChI is InChI=1S/C13H17FO4/c1-13(2,12(15)16)7-8-5-10(17-3)11(18-4)6-9(8)14/h5-6H,7H2,1-4H3,(H,15,16). The van der Waals surface area contributed by atoms with E-state index in [1.807, 2.05) is 0 Å². The summed E-state index contributed by atoms with van der Waals surface area (Å²) in [4.78, 5) is 11.0. The molecule has 0 fully saturated rings. The van der Waals surface area contributed by atoms with Gasteiger partial charge in [-0.05, 0) is 31.9 Å². The van der Waals surface area contributed by atoms with Crippen LogP contribution in [0.1, 0.15) is 19.4 Å². The van der Waals surface area contributed by atoms with E-state index in [-0.39, 0.29) is 12.2 Å². The number of hydrogen-bond donors (Lipinski definition) is 1. The van der Waals surface area contributed by atoms with Crippen molar-refractivity contribution < 1.29 is 23.8 Å². The third-order valence-electron chi connectivity index (χ3n) is 2.76. The van der Waals surface area contributed by atoms with Gasteiger partial charge in [-0.2, -0.15) is 0 Å². The molecule has 100 valence electrons. The summed E-state index contributed by atoms with van der Waals surface area (Å²) in [7, 11) is 2.86. The van der Waals surface area contributed by atoms with Gasteiger partial charge in [-0.3, -0.25) is 4.79 Å². The molecular weight excluding hydrogens is 239 g/mol. The van der Waals surface area contributed by atoms with Crippen LogP contribution in [0.2, 0.25) is 0 Å². The fourth-order valence-electron chi connectivity index (χ4n) is 1.58. The first kappa shape index (κ1) is 14.3. The molecule has 0 aromatic heterocycles. The number of carboxylic acids is 1. The Morgan fingerprint density at radius 1 is 1.28 bits per heavy atom. The van der Waals surface area contributed by atoms with Gasteiger partial charge >= 0.3 is 5.97 Å². The Balaban J connectivity index is 3.14. The van der Waals surface area contributed by atoms with Crippen molar-refractivity contribution in [2.45, 2.75) is 20.3 Å². The Morgan fingerprint density at radius 2 is 1.78 bits per heavy atom. The smallest absolute Gasteiger partial charge is 0.309 e. The van der Waals surface area contributed by atoms with E-state index in [1.165, 1.54) is 26.4 Å². The molecule has 1 N–H and O–H groups in total. The normalized spacial score (nSPS) is 11.2. The SMILES string of the molecule is COc1cc(F)c(CC(C)(C)C(=O)O)cc1OC. The first-order chi connectivity index (χ1) is 8.31. The van der Waals surface area contributed by atoms with Crippen LogP contribution in [0, 0.1) is 11.2 Å². The Morgan fingerprint density at radius 3 is 2.22 bits per heavy atom. The predicted octanol–water partition coefficient (Wildman–Crippen LogP) is 2.50. The summed E-state index contributed by atoms with van der Waals surface area (Å²) in [6.07, 6.45) is 0.0779. The molecule has 0 amide bonds. The molecule has 0 atom stereocenters. The van der Waals surface area contributed by atoms with Gasteiger partial charge < -0.3 is 14.6 Å². The highest BCUT2D eigenvalue weighted by molar-refractivity contribution is 5.74. The highest BCUT2D eigenvalue weighted by Crippen LogP contribution is 2.33. The van der Waals surface area contributed by atoms with Crippen molar-refractivity contribution in [1.82, 2.24) is 0 Å². The monoisotopic (exact) mass is 256 g/mol. The van der Waals surface area contributed by atoms with E-state index in [1.54, 1.807) is 13.8 Å². The molecule has 1 aromatic rings. The van der Waals surface area contributed by atoms with E-state index in [2.05, 4.69) is 0 Å². The van der Waals surface area contributed by atoms with Crippen LogP contribution >= 0.6 is 0 Å². The van der Waals surface area contributed by atoms with Crippen LogP contribution in [0.25, 0.3) is 0 Å². The lowest BCUT2D eigenvalue weighted by Gasteiger charge is -2.20. The van der Waals surface area contributed by atoms with E-state index in [4.69, 9.17) is 14.6 Å². The lowest BCUT2D eigenvalue weighted by atomic mass is 9.85. The van der Waals surface area contributed by atoms with Gasteiger partial charge in [0, 0.05) is 6.07 Å². The van der Waals surface area contributed by atoms with Gasteiger partial charge in [0.2, 0.25) is 0 Å². The van der Waals surface area contributed by atoms with E-state index in [0.29, 0.717) is 11.3 Å². The average Bonchev–Trinajstić information content (AvgIpc) is 2.30. The first-order valence-corrected chi connectivity index (χ1v) is 5.45. The fourth-order valence-corrected chi connectivity index (χ4v) is 1.58. The van der Waals surface area contributed by atoms with Crippen molar-refractivity contribution >= 4 is 5.97 Å². The number of rotatable bonds is 5. The Labute approximate surface area is 105 Å². The van der Waals surface area contributed by atoms with E-state index < -0.39 is 17.2 Å². The van der Waals surface area contributed by atoms with Crippen LogP contribution in [0.3, 0.4) is 0 Å². The summed E-state index contributed by atoms with van der Waals surface area (Å²) in [5.41, 5.74) is -0.750. The maximum absolute atomic E-state index is 13.8. The van der Waals surface area contributed by atoms with Gasteiger partial charge in [-0.15, -0.1) is 0 Å². The molecule has 0 aliphatic carbocycles. The molecule has 1 rings (SSSR count). The molecule has 0 aliphatic rings. The third kappa shape index (κ3) is 2.91. The number of ether oxygens (including phenoxy) is 2. The summed E-state index contributed by atoms with van der Waals surface area (Å²) in [5, 5.41) is 9.04. The quantitative estimate of drug-likeness (QED) is 0.879. The average molecular weight is 256 g/mol. The van der Waals surface area contributed by atoms with Gasteiger partial charge in [0.05, 0.1) is 19.6 Å². The largest absolute Gasteiger partial charge is 0.493 e. The summed E-state index contributed by atoms with van der Waals surface area (Å²) < 4.78 is 23.9. The van der Waals surface area contributed by atoms with Gasteiger partial charge in [-0.25, -0.2) is 4.39 Å². The molecule has 0 heterocycles. The van der Waals surface area contributed by atoms with Crippen LogP contribution in [-0.4, -0.2) is 25.3 Å². The molecular formula is C13H17FO4. The molecule has 18 heavy (non-hydrogen) atoms. The Hall–Kier alpha value is -1.78. The Kier molecular flexibility index (Phi) is 4.16. The summed E-state index contributed by atoms with van der Waals surface area (Å²) >= 11 is 0. The summed E-state index contributed by atoms with van der Waals surface area (Å²) in [6, 6.07) is 2.67. The number of carbonyl (C=O) groups is 1. The molecule has 0 saturated heterocycles. The number of aliphatic carboxylic acids is 1. The molecule has 5 heteroatoms. The number of methoxy groups -OCH3 is 2. The van der Waals surface area contributed by atoms with Crippen LogP contribution < -0.4 is 9.47 Å². The molecule has 0 radical (unpaired) electrons. The zero-order chi connectivity index (χ0) is 13.9. The van der Waals surface area contributed by atoms with Crippen molar-refractivity contribution in [1.29, 1.82) is 0 Å². The molecule has 0 saturated carbocycles. The minimum atomic E-state index is -1.04. The number of carboxylic acid groups (broad SMARTS) is 1. The zero-order valence-electron chi connectivity index (χ0n) is 10.9. The van der Waals surface area contributed by atoms with Crippen molar-refractivity contribution in [2.75, 3.05) is 14.2 Å². The second-order valence-corrected chi connectivity index (χ2v) is 4.66. The van der Waals surface area contributed by atoms with Gasteiger partial charge in [0.15, 0.2) is 11.5 Å². The molecule has 0 unspecified atom stereocenters. The fraction of sp³-hybridized carbons (Fsp3) is 0.462. The van der Waals surface area contributed by atoms with Gasteiger partial charge in [-0.1, -0.05) is 0 Å². The van der Waals surface area contributed by atoms with E-state index in [0.717, 1.165) is 0 Å². The van der Waals surface area contributed by atoms with Gasteiger partial charge in [0.25, 0.3) is 0 Å². The molecule has 4 nitrogen and oxygen atoms in total. The molecule has 1 aromatic carbocycles. The summed E-state index contributed by atoms with van der Waals surface area (Å²) in [6.45, 7) is 3.09. The van der Waals surface area contributed by atoms with E-state index in [9.17, 15) is 9.18 Å². The number of hydrogen-bond acceptors (Lipinski definition) is 3. The van der Waals surface area contributed by atoms with Crippen LogP contribution in [-0.2, 0) is 11.2 Å². The van der Waals surface area contributed by atoms with Crippen molar-refractivity contribution in [3.05, 3.63) is 23.5 Å². The van der Waals surface area contributed by atoms with Gasteiger partial charge in [0.1, 0.15) is 5.82 Å². The van der Waals surface area contributed by atoms with Crippen molar-refractivity contribution in [3.8, 4) is 11.5 Å².